The number of para-hydroxylation sites is 3. The minimum atomic E-state index is -0.755. The number of H-pyrrole nitrogens is 2. The zero-order valence-corrected chi connectivity index (χ0v) is 15.1. The lowest BCUT2D eigenvalue weighted by atomic mass is 10.1. The lowest BCUT2D eigenvalue weighted by molar-refractivity contribution is 0.0961. The summed E-state index contributed by atoms with van der Waals surface area (Å²) >= 11 is 0. The smallest absolute Gasteiger partial charge is 0.286 e. The summed E-state index contributed by atoms with van der Waals surface area (Å²) in [6.07, 6.45) is 1.99. The third-order valence-corrected chi connectivity index (χ3v) is 4.49. The van der Waals surface area contributed by atoms with Crippen LogP contribution in [0.1, 0.15) is 33.5 Å². The first kappa shape index (κ1) is 17.5. The molecule has 4 N–H and O–H groups in total. The highest BCUT2D eigenvalue weighted by Gasteiger charge is 2.29. The molecule has 0 fully saturated rings. The average molecular weight is 374 g/mol. The normalized spacial score (nSPS) is 10.9. The Morgan fingerprint density at radius 1 is 1.11 bits per heavy atom. The number of primary amides is 1. The predicted molar refractivity (Wildman–Crippen MR) is 105 cm³/mol. The number of hydrogen-bond acceptors (Lipinski definition) is 4. The number of hydrogen-bond donors (Lipinski definition) is 3. The van der Waals surface area contributed by atoms with Crippen LogP contribution in [0.15, 0.2) is 54.9 Å². The van der Waals surface area contributed by atoms with Gasteiger partial charge in [0.05, 0.1) is 23.0 Å². The number of rotatable bonds is 5. The maximum atomic E-state index is 13.5. The number of nitrogens with two attached hydrogens (primary N) is 1. The number of aryl methyl sites for hydroxylation is 1. The fourth-order valence-corrected chi connectivity index (χ4v) is 3.14. The van der Waals surface area contributed by atoms with Gasteiger partial charge in [0.2, 0.25) is 5.95 Å². The molecule has 0 aliphatic rings. The van der Waals surface area contributed by atoms with E-state index in [9.17, 15) is 9.59 Å². The highest BCUT2D eigenvalue weighted by atomic mass is 16.2. The average Bonchev–Trinajstić information content (AvgIpc) is 3.35. The monoisotopic (exact) mass is 374 g/mol. The van der Waals surface area contributed by atoms with E-state index in [4.69, 9.17) is 5.73 Å². The molecule has 0 radical (unpaired) electrons. The van der Waals surface area contributed by atoms with Crippen molar-refractivity contribution >= 4 is 34.5 Å². The number of nitrogens with one attached hydrogen (secondary N) is 2. The minimum absolute atomic E-state index is 0.0416. The van der Waals surface area contributed by atoms with Crippen LogP contribution in [0.5, 0.6) is 0 Å². The molecule has 140 valence electrons. The number of imidazole rings is 2. The second-order valence-corrected chi connectivity index (χ2v) is 6.19. The van der Waals surface area contributed by atoms with Crippen molar-refractivity contribution in [1.29, 1.82) is 0 Å². The molecule has 0 bridgehead atoms. The Hall–Kier alpha value is -3.94. The van der Waals surface area contributed by atoms with Gasteiger partial charge in [0.1, 0.15) is 5.69 Å². The van der Waals surface area contributed by atoms with Crippen molar-refractivity contribution < 1.29 is 9.59 Å². The summed E-state index contributed by atoms with van der Waals surface area (Å²) in [5.41, 5.74) is 8.42. The molecule has 4 aromatic rings. The van der Waals surface area contributed by atoms with Crippen molar-refractivity contribution in [3.8, 4) is 0 Å². The van der Waals surface area contributed by atoms with Crippen LogP contribution in [0.2, 0.25) is 0 Å². The number of aromatic nitrogens is 4. The lowest BCUT2D eigenvalue weighted by Gasteiger charge is -2.22. The molecule has 0 atom stereocenters. The first-order chi connectivity index (χ1) is 13.6. The van der Waals surface area contributed by atoms with Crippen molar-refractivity contribution in [3.63, 3.8) is 0 Å². The van der Waals surface area contributed by atoms with Gasteiger partial charge in [0.25, 0.3) is 11.8 Å². The number of carbonyl (C=O) groups is 2. The van der Waals surface area contributed by atoms with Gasteiger partial charge in [-0.2, -0.15) is 0 Å². The molecular weight excluding hydrogens is 356 g/mol. The van der Waals surface area contributed by atoms with E-state index in [0.717, 1.165) is 16.6 Å². The molecule has 0 spiro atoms. The third-order valence-electron chi connectivity index (χ3n) is 4.49. The van der Waals surface area contributed by atoms with Crippen LogP contribution in [0.3, 0.4) is 0 Å². The molecule has 8 heteroatoms. The molecule has 2 aromatic heterocycles. The lowest BCUT2D eigenvalue weighted by Crippen LogP contribution is -2.30. The van der Waals surface area contributed by atoms with Crippen LogP contribution < -0.4 is 10.6 Å². The second kappa shape index (κ2) is 6.99. The molecule has 0 saturated carbocycles. The largest absolute Gasteiger partial charge is 0.364 e. The van der Waals surface area contributed by atoms with Crippen molar-refractivity contribution in [3.05, 3.63) is 71.8 Å². The van der Waals surface area contributed by atoms with Gasteiger partial charge < -0.3 is 15.7 Å². The summed E-state index contributed by atoms with van der Waals surface area (Å²) in [6, 6.07) is 15.0. The summed E-state index contributed by atoms with van der Waals surface area (Å²) in [5, 5.41) is 0. The maximum absolute atomic E-state index is 13.5. The van der Waals surface area contributed by atoms with Gasteiger partial charge in [-0.1, -0.05) is 37.3 Å². The van der Waals surface area contributed by atoms with E-state index in [2.05, 4.69) is 19.9 Å². The van der Waals surface area contributed by atoms with Gasteiger partial charge in [-0.25, -0.2) is 14.9 Å². The Bertz CT molecular complexity index is 1140. The van der Waals surface area contributed by atoms with Gasteiger partial charge >= 0.3 is 0 Å². The van der Waals surface area contributed by atoms with Crippen LogP contribution in [-0.4, -0.2) is 31.8 Å². The third kappa shape index (κ3) is 2.90. The second-order valence-electron chi connectivity index (χ2n) is 6.19. The van der Waals surface area contributed by atoms with Crippen LogP contribution in [-0.2, 0) is 6.42 Å². The zero-order chi connectivity index (χ0) is 19.7. The van der Waals surface area contributed by atoms with Crippen molar-refractivity contribution in [2.75, 3.05) is 4.90 Å². The minimum Gasteiger partial charge on any atom is -0.364 e. The van der Waals surface area contributed by atoms with E-state index in [-0.39, 0.29) is 11.4 Å². The predicted octanol–water partition coefficient (Wildman–Crippen LogP) is 2.93. The number of fused-ring (bicyclic) bond motifs is 1. The quantitative estimate of drug-likeness (QED) is 0.497. The Morgan fingerprint density at radius 3 is 2.61 bits per heavy atom. The topological polar surface area (TPSA) is 121 Å². The fourth-order valence-electron chi connectivity index (χ4n) is 3.14. The molecule has 0 aliphatic heterocycles. The van der Waals surface area contributed by atoms with Crippen LogP contribution in [0.4, 0.5) is 11.6 Å². The summed E-state index contributed by atoms with van der Waals surface area (Å²) in [7, 11) is 0. The van der Waals surface area contributed by atoms with E-state index in [1.165, 1.54) is 11.2 Å². The Balaban J connectivity index is 1.92. The van der Waals surface area contributed by atoms with Gasteiger partial charge in [-0.15, -0.1) is 0 Å². The molecule has 0 saturated heterocycles. The Morgan fingerprint density at radius 2 is 1.86 bits per heavy atom. The van der Waals surface area contributed by atoms with E-state index in [0.29, 0.717) is 18.1 Å². The SMILES string of the molecule is CCc1ccccc1N(C(=O)c1nc[nH]c1C(N)=O)c1nc2ccccc2[nH]1. The van der Waals surface area contributed by atoms with E-state index in [1.54, 1.807) is 0 Å². The van der Waals surface area contributed by atoms with Crippen LogP contribution in [0, 0.1) is 0 Å². The van der Waals surface area contributed by atoms with Gasteiger partial charge in [-0.3, -0.25) is 9.59 Å². The van der Waals surface area contributed by atoms with Crippen LogP contribution >= 0.6 is 0 Å². The summed E-state index contributed by atoms with van der Waals surface area (Å²) in [5.74, 6) is -0.922. The number of carbonyl (C=O) groups excluding carboxylic acids is 2. The molecule has 0 aliphatic carbocycles. The zero-order valence-electron chi connectivity index (χ0n) is 15.1. The van der Waals surface area contributed by atoms with Gasteiger partial charge in [0.15, 0.2) is 5.69 Å². The van der Waals surface area contributed by atoms with Crippen molar-refractivity contribution in [1.82, 2.24) is 19.9 Å². The maximum Gasteiger partial charge on any atom is 0.286 e. The fraction of sp³-hybridized carbons (Fsp3) is 0.100. The van der Waals surface area contributed by atoms with Crippen molar-refractivity contribution in [2.24, 2.45) is 5.73 Å². The first-order valence-corrected chi connectivity index (χ1v) is 8.80. The molecule has 0 unspecified atom stereocenters. The number of aromatic amines is 2. The number of anilines is 2. The van der Waals surface area contributed by atoms with Gasteiger partial charge in [-0.05, 0) is 30.2 Å². The first-order valence-electron chi connectivity index (χ1n) is 8.80. The number of nitrogens with zero attached hydrogens (tertiary/aromatic N) is 3. The molecule has 2 aromatic carbocycles. The highest BCUT2D eigenvalue weighted by Crippen LogP contribution is 2.30. The number of amides is 2. The van der Waals surface area contributed by atoms with E-state index < -0.39 is 11.8 Å². The summed E-state index contributed by atoms with van der Waals surface area (Å²) < 4.78 is 0. The molecule has 2 heterocycles. The standard InChI is InChI=1S/C20H18N6O2/c1-2-12-7-3-6-10-15(12)26(19(28)17-16(18(21)27)22-11-23-17)20-24-13-8-4-5-9-14(13)25-20/h3-11H,2H2,1H3,(H2,21,27)(H,22,23)(H,24,25). The molecular formula is C20H18N6O2. The summed E-state index contributed by atoms with van der Waals surface area (Å²) in [4.78, 5) is 41.0. The Kier molecular flexibility index (Phi) is 4.36. The Labute approximate surface area is 160 Å². The summed E-state index contributed by atoms with van der Waals surface area (Å²) in [6.45, 7) is 2.00. The molecule has 2 amide bonds. The van der Waals surface area contributed by atoms with Crippen LogP contribution in [0.25, 0.3) is 11.0 Å². The van der Waals surface area contributed by atoms with E-state index in [1.807, 2.05) is 55.5 Å². The van der Waals surface area contributed by atoms with Gasteiger partial charge in [0, 0.05) is 0 Å². The molecule has 4 rings (SSSR count). The number of benzene rings is 2. The molecule has 28 heavy (non-hydrogen) atoms. The van der Waals surface area contributed by atoms with Crippen molar-refractivity contribution in [2.45, 2.75) is 13.3 Å². The van der Waals surface area contributed by atoms with E-state index >= 15 is 0 Å². The molecule has 8 nitrogen and oxygen atoms in total. The highest BCUT2D eigenvalue weighted by molar-refractivity contribution is 6.14.